The molecule has 2 N–H and O–H groups in total. The van der Waals surface area contributed by atoms with Crippen LogP contribution < -0.4 is 10.0 Å². The zero-order valence-corrected chi connectivity index (χ0v) is 17.9. The van der Waals surface area contributed by atoms with E-state index in [1.54, 1.807) is 53.4 Å². The first kappa shape index (κ1) is 20.9. The Bertz CT molecular complexity index is 1210. The van der Waals surface area contributed by atoms with Crippen LogP contribution >= 0.6 is 11.3 Å². The van der Waals surface area contributed by atoms with Crippen LogP contribution in [0.5, 0.6) is 0 Å². The molecular formula is C20H19N5O4S2. The number of aromatic nitrogens is 2. The molecule has 1 aromatic heterocycles. The maximum absolute atomic E-state index is 12.8. The zero-order chi connectivity index (χ0) is 21.8. The lowest BCUT2D eigenvalue weighted by molar-refractivity contribution is 0.0793. The van der Waals surface area contributed by atoms with Crippen molar-refractivity contribution < 1.29 is 18.0 Å². The van der Waals surface area contributed by atoms with E-state index < -0.39 is 15.9 Å². The highest BCUT2D eigenvalue weighted by molar-refractivity contribution is 7.94. The number of para-hydroxylation sites is 1. The van der Waals surface area contributed by atoms with Gasteiger partial charge in [0, 0.05) is 18.7 Å². The molecule has 1 saturated heterocycles. The van der Waals surface area contributed by atoms with Gasteiger partial charge >= 0.3 is 0 Å². The first-order valence-corrected chi connectivity index (χ1v) is 11.8. The highest BCUT2D eigenvalue weighted by atomic mass is 32.2. The smallest absolute Gasteiger partial charge is 0.291 e. The number of nitrogens with one attached hydrogen (secondary N) is 2. The summed E-state index contributed by atoms with van der Waals surface area (Å²) in [6.45, 7) is 1.31. The third kappa shape index (κ3) is 4.72. The number of hydrogen-bond donors (Lipinski definition) is 2. The Morgan fingerprint density at radius 3 is 2.35 bits per heavy atom. The van der Waals surface area contributed by atoms with Crippen LogP contribution in [0, 0.1) is 0 Å². The minimum atomic E-state index is -4.10. The van der Waals surface area contributed by atoms with Crippen LogP contribution in [0.15, 0.2) is 58.9 Å². The normalized spacial score (nSPS) is 13.7. The summed E-state index contributed by atoms with van der Waals surface area (Å²) in [5.41, 5.74) is 0.856. The van der Waals surface area contributed by atoms with Crippen LogP contribution in [0.4, 0.5) is 10.8 Å². The summed E-state index contributed by atoms with van der Waals surface area (Å²) in [5.74, 6) is -0.640. The number of carbonyl (C=O) groups excluding carboxylic acids is 2. The topological polar surface area (TPSA) is 121 Å². The number of nitrogens with zero attached hydrogens (tertiary/aromatic N) is 3. The number of carbonyl (C=O) groups is 2. The first-order chi connectivity index (χ1) is 14.9. The van der Waals surface area contributed by atoms with E-state index in [2.05, 4.69) is 20.2 Å². The van der Waals surface area contributed by atoms with Gasteiger partial charge in [-0.2, -0.15) is 8.42 Å². The molecule has 3 aromatic rings. The van der Waals surface area contributed by atoms with Crippen molar-refractivity contribution in [3.05, 3.63) is 65.7 Å². The fourth-order valence-corrected chi connectivity index (χ4v) is 5.14. The van der Waals surface area contributed by atoms with E-state index in [4.69, 9.17) is 0 Å². The van der Waals surface area contributed by atoms with Gasteiger partial charge in [0.15, 0.2) is 0 Å². The number of amides is 2. The first-order valence-electron chi connectivity index (χ1n) is 9.55. The molecule has 0 aliphatic carbocycles. The number of likely N-dealkylation sites (tertiary alicyclic amines) is 1. The summed E-state index contributed by atoms with van der Waals surface area (Å²) < 4.78 is 27.8. The molecule has 4 rings (SSSR count). The molecule has 0 unspecified atom stereocenters. The Morgan fingerprint density at radius 1 is 0.935 bits per heavy atom. The summed E-state index contributed by atoms with van der Waals surface area (Å²) in [7, 11) is -4.10. The van der Waals surface area contributed by atoms with Gasteiger partial charge < -0.3 is 4.90 Å². The number of rotatable bonds is 6. The molecule has 9 nitrogen and oxygen atoms in total. The second kappa shape index (κ2) is 8.82. The van der Waals surface area contributed by atoms with Gasteiger partial charge in [0.2, 0.25) is 5.13 Å². The molecule has 2 amide bonds. The van der Waals surface area contributed by atoms with Crippen LogP contribution in [0.25, 0.3) is 0 Å². The fourth-order valence-electron chi connectivity index (χ4n) is 3.17. The monoisotopic (exact) mass is 457 g/mol. The van der Waals surface area contributed by atoms with E-state index >= 15 is 0 Å². The van der Waals surface area contributed by atoms with Crippen molar-refractivity contribution in [2.24, 2.45) is 0 Å². The van der Waals surface area contributed by atoms with Gasteiger partial charge in [-0.15, -0.1) is 10.2 Å². The molecule has 0 saturated carbocycles. The standard InChI is InChI=1S/C20H19N5O4S2/c26-17(14-8-2-1-3-9-14)21-19-22-23-20(30-19)31(28,29)24-16-11-5-4-10-15(16)18(27)25-12-6-7-13-25/h1-5,8-11,24H,6-7,12-13H2,(H,21,22,26). The Labute approximate surface area is 183 Å². The van der Waals surface area contributed by atoms with E-state index in [1.165, 1.54) is 6.07 Å². The largest absolute Gasteiger partial charge is 0.339 e. The van der Waals surface area contributed by atoms with Crippen molar-refractivity contribution >= 4 is 44.0 Å². The maximum Gasteiger partial charge on any atom is 0.291 e. The molecule has 11 heteroatoms. The van der Waals surface area contributed by atoms with Crippen molar-refractivity contribution in [3.63, 3.8) is 0 Å². The Kier molecular flexibility index (Phi) is 5.96. The predicted octanol–water partition coefficient (Wildman–Crippen LogP) is 2.83. The van der Waals surface area contributed by atoms with Gasteiger partial charge in [-0.25, -0.2) is 0 Å². The Morgan fingerprint density at radius 2 is 1.61 bits per heavy atom. The van der Waals surface area contributed by atoms with Gasteiger partial charge in [0.25, 0.3) is 26.2 Å². The number of sulfonamides is 1. The van der Waals surface area contributed by atoms with Crippen LogP contribution in [-0.2, 0) is 10.0 Å². The molecule has 0 spiro atoms. The second-order valence-corrected chi connectivity index (χ2v) is 9.68. The molecule has 160 valence electrons. The summed E-state index contributed by atoms with van der Waals surface area (Å²) in [6.07, 6.45) is 1.86. The van der Waals surface area contributed by atoms with E-state index in [1.807, 2.05) is 0 Å². The molecule has 1 aliphatic heterocycles. The number of anilines is 2. The van der Waals surface area contributed by atoms with Gasteiger partial charge in [-0.05, 0) is 37.1 Å². The summed E-state index contributed by atoms with van der Waals surface area (Å²) in [5, 5.41) is 10.0. The highest BCUT2D eigenvalue weighted by Gasteiger charge is 2.26. The van der Waals surface area contributed by atoms with Crippen molar-refractivity contribution in [1.82, 2.24) is 15.1 Å². The van der Waals surface area contributed by atoms with Crippen LogP contribution in [-0.4, -0.2) is 48.4 Å². The highest BCUT2D eigenvalue weighted by Crippen LogP contribution is 2.26. The Hall–Kier alpha value is -3.31. The van der Waals surface area contributed by atoms with Crippen LogP contribution in [0.3, 0.4) is 0 Å². The lowest BCUT2D eigenvalue weighted by Crippen LogP contribution is -2.28. The summed E-state index contributed by atoms with van der Waals surface area (Å²) in [6, 6.07) is 14.9. The molecule has 0 bridgehead atoms. The molecule has 2 aromatic carbocycles. The summed E-state index contributed by atoms with van der Waals surface area (Å²) >= 11 is 0.722. The van der Waals surface area contributed by atoms with E-state index in [0.29, 0.717) is 18.7 Å². The van der Waals surface area contributed by atoms with Crippen molar-refractivity contribution in [2.45, 2.75) is 17.2 Å². The molecule has 2 heterocycles. The van der Waals surface area contributed by atoms with Gasteiger partial charge in [-0.1, -0.05) is 41.7 Å². The molecule has 0 atom stereocenters. The predicted molar refractivity (Wildman–Crippen MR) is 117 cm³/mol. The molecule has 0 radical (unpaired) electrons. The van der Waals surface area contributed by atoms with E-state index in [9.17, 15) is 18.0 Å². The molecule has 1 fully saturated rings. The molecule has 1 aliphatic rings. The second-order valence-electron chi connectivity index (χ2n) is 6.84. The number of benzene rings is 2. The SMILES string of the molecule is O=C(Nc1nnc(S(=O)(=O)Nc2ccccc2C(=O)N2CCCC2)s1)c1ccccc1. The molecule has 31 heavy (non-hydrogen) atoms. The Balaban J connectivity index is 1.51. The van der Waals surface area contributed by atoms with Gasteiger partial charge in [0.05, 0.1) is 11.3 Å². The average Bonchev–Trinajstić information content (AvgIpc) is 3.47. The summed E-state index contributed by atoms with van der Waals surface area (Å²) in [4.78, 5) is 26.7. The van der Waals surface area contributed by atoms with Crippen molar-refractivity contribution in [1.29, 1.82) is 0 Å². The van der Waals surface area contributed by atoms with Crippen molar-refractivity contribution in [3.8, 4) is 0 Å². The lowest BCUT2D eigenvalue weighted by Gasteiger charge is -2.17. The zero-order valence-electron chi connectivity index (χ0n) is 16.3. The van der Waals surface area contributed by atoms with Gasteiger partial charge in [-0.3, -0.25) is 19.6 Å². The third-order valence-electron chi connectivity index (χ3n) is 4.69. The van der Waals surface area contributed by atoms with E-state index in [0.717, 1.165) is 24.2 Å². The quantitative estimate of drug-likeness (QED) is 0.549. The molecular weight excluding hydrogens is 438 g/mol. The minimum absolute atomic E-state index is 0.0515. The fraction of sp³-hybridized carbons (Fsp3) is 0.200. The minimum Gasteiger partial charge on any atom is -0.339 e. The average molecular weight is 458 g/mol. The van der Waals surface area contributed by atoms with Crippen molar-refractivity contribution in [2.75, 3.05) is 23.1 Å². The van der Waals surface area contributed by atoms with E-state index in [-0.39, 0.29) is 26.6 Å². The number of hydrogen-bond acceptors (Lipinski definition) is 7. The van der Waals surface area contributed by atoms with Crippen LogP contribution in [0.2, 0.25) is 0 Å². The maximum atomic E-state index is 12.8. The van der Waals surface area contributed by atoms with Gasteiger partial charge in [0.1, 0.15) is 0 Å². The third-order valence-corrected chi connectivity index (χ3v) is 7.26. The van der Waals surface area contributed by atoms with Crippen LogP contribution in [0.1, 0.15) is 33.6 Å². The lowest BCUT2D eigenvalue weighted by atomic mass is 10.1.